The van der Waals surface area contributed by atoms with Crippen molar-refractivity contribution in [3.8, 4) is 0 Å². The van der Waals surface area contributed by atoms with Gasteiger partial charge in [0.2, 0.25) is 5.91 Å². The van der Waals surface area contributed by atoms with Gasteiger partial charge in [-0.2, -0.15) is 0 Å². The highest BCUT2D eigenvalue weighted by Gasteiger charge is 2.26. The van der Waals surface area contributed by atoms with Crippen LogP contribution in [0, 0.1) is 0 Å². The first-order valence-electron chi connectivity index (χ1n) is 10.5. The number of aromatic nitrogens is 2. The summed E-state index contributed by atoms with van der Waals surface area (Å²) in [6, 6.07) is 10.2. The van der Waals surface area contributed by atoms with Crippen molar-refractivity contribution in [2.75, 3.05) is 31.6 Å². The summed E-state index contributed by atoms with van der Waals surface area (Å²) in [7, 11) is -1.80. The van der Waals surface area contributed by atoms with Gasteiger partial charge in [-0.25, -0.2) is 12.4 Å². The van der Waals surface area contributed by atoms with Gasteiger partial charge in [-0.3, -0.25) is 9.78 Å². The van der Waals surface area contributed by atoms with Crippen LogP contribution >= 0.6 is 0 Å². The monoisotopic (exact) mass is 436 g/mol. The molecule has 4 heterocycles. The van der Waals surface area contributed by atoms with Crippen LogP contribution in [-0.4, -0.2) is 54.9 Å². The van der Waals surface area contributed by atoms with Crippen molar-refractivity contribution in [2.24, 2.45) is 0 Å². The molecule has 0 unspecified atom stereocenters. The molecule has 160 valence electrons. The predicted molar refractivity (Wildman–Crippen MR) is 120 cm³/mol. The van der Waals surface area contributed by atoms with Crippen molar-refractivity contribution < 1.29 is 13.2 Å². The molecule has 0 N–H and O–H groups in total. The summed E-state index contributed by atoms with van der Waals surface area (Å²) < 4.78 is 28.6. The first kappa shape index (κ1) is 20.0. The Kier molecular flexibility index (Phi) is 4.91. The van der Waals surface area contributed by atoms with Crippen LogP contribution in [0.3, 0.4) is 0 Å². The first-order chi connectivity index (χ1) is 14.9. The van der Waals surface area contributed by atoms with E-state index in [2.05, 4.69) is 23.0 Å². The maximum Gasteiger partial charge on any atom is 0.268 e. The molecule has 1 fully saturated rings. The van der Waals surface area contributed by atoms with Crippen LogP contribution in [0.1, 0.15) is 24.8 Å². The van der Waals surface area contributed by atoms with E-state index in [-0.39, 0.29) is 10.8 Å². The van der Waals surface area contributed by atoms with Crippen LogP contribution < -0.4 is 4.90 Å². The number of rotatable bonds is 4. The van der Waals surface area contributed by atoms with E-state index in [0.29, 0.717) is 29.7 Å². The number of hydrogen-bond donors (Lipinski definition) is 0. The number of benzene rings is 1. The van der Waals surface area contributed by atoms with Gasteiger partial charge in [0.05, 0.1) is 15.9 Å². The van der Waals surface area contributed by atoms with E-state index < -0.39 is 10.0 Å². The van der Waals surface area contributed by atoms with Crippen molar-refractivity contribution >= 4 is 38.2 Å². The maximum absolute atomic E-state index is 13.6. The van der Waals surface area contributed by atoms with Gasteiger partial charge in [-0.05, 0) is 55.8 Å². The third-order valence-electron chi connectivity index (χ3n) is 6.04. The summed E-state index contributed by atoms with van der Waals surface area (Å²) in [5.74, 6) is 0.0293. The Morgan fingerprint density at radius 1 is 1.06 bits per heavy atom. The first-order valence-corrected chi connectivity index (χ1v) is 11.9. The number of carbonyl (C=O) groups excluding carboxylic acids is 1. The number of amides is 1. The second-order valence-electron chi connectivity index (χ2n) is 8.10. The molecule has 1 amide bonds. The lowest BCUT2D eigenvalue weighted by molar-refractivity contribution is -0.117. The Hall–Kier alpha value is -2.97. The minimum atomic E-state index is -3.86. The fourth-order valence-electron chi connectivity index (χ4n) is 4.33. The van der Waals surface area contributed by atoms with Gasteiger partial charge < -0.3 is 9.80 Å². The van der Waals surface area contributed by atoms with Crippen LogP contribution in [0.25, 0.3) is 16.6 Å². The molecule has 3 aromatic rings. The van der Waals surface area contributed by atoms with Gasteiger partial charge in [0, 0.05) is 49.7 Å². The Balaban J connectivity index is 1.62. The smallest absolute Gasteiger partial charge is 0.268 e. The molecule has 2 aliphatic rings. The average molecular weight is 437 g/mol. The minimum absolute atomic E-state index is 0.0293. The van der Waals surface area contributed by atoms with E-state index in [4.69, 9.17) is 0 Å². The fourth-order valence-corrected chi connectivity index (χ4v) is 5.72. The second kappa shape index (κ2) is 7.62. The van der Waals surface area contributed by atoms with Crippen molar-refractivity contribution in [1.29, 1.82) is 0 Å². The van der Waals surface area contributed by atoms with Crippen LogP contribution in [0.4, 0.5) is 5.69 Å². The Bertz CT molecular complexity index is 1310. The summed E-state index contributed by atoms with van der Waals surface area (Å²) in [6.07, 6.45) is 7.66. The number of fused-ring (bicyclic) bond motifs is 1. The molecular weight excluding hydrogens is 412 g/mol. The van der Waals surface area contributed by atoms with Gasteiger partial charge in [0.25, 0.3) is 10.0 Å². The van der Waals surface area contributed by atoms with E-state index in [1.54, 1.807) is 53.7 Å². The number of hydrogen-bond acceptors (Lipinski definition) is 5. The van der Waals surface area contributed by atoms with Gasteiger partial charge in [0.15, 0.2) is 0 Å². The molecule has 0 radical (unpaired) electrons. The molecule has 0 spiro atoms. The molecule has 1 saturated heterocycles. The second-order valence-corrected chi connectivity index (χ2v) is 9.92. The lowest BCUT2D eigenvalue weighted by atomic mass is 10.0. The molecule has 0 atom stereocenters. The minimum Gasteiger partial charge on any atom is -0.312 e. The predicted octanol–water partition coefficient (Wildman–Crippen LogP) is 3.12. The molecule has 0 bridgehead atoms. The quantitative estimate of drug-likeness (QED) is 0.628. The lowest BCUT2D eigenvalue weighted by Gasteiger charge is -2.21. The standard InChI is InChI=1S/C23H24N4O3S/c1-25-13-9-17(10-14-25)20-16-27(21-7-3-11-24-23(20)21)31(29,30)19-6-2-5-18(15-19)26-12-4-8-22(26)28/h2-3,5-7,9,11,15-16H,4,8,10,12-14H2,1H3. The van der Waals surface area contributed by atoms with Gasteiger partial charge in [-0.1, -0.05) is 12.1 Å². The number of carbonyl (C=O) groups is 1. The van der Waals surface area contributed by atoms with Gasteiger partial charge in [0.1, 0.15) is 0 Å². The highest BCUT2D eigenvalue weighted by atomic mass is 32.2. The largest absolute Gasteiger partial charge is 0.312 e. The molecular formula is C23H24N4O3S. The molecule has 2 aromatic heterocycles. The number of anilines is 1. The molecule has 2 aliphatic heterocycles. The Morgan fingerprint density at radius 3 is 2.68 bits per heavy atom. The third-order valence-corrected chi connectivity index (χ3v) is 7.71. The van der Waals surface area contributed by atoms with Crippen LogP contribution in [-0.2, 0) is 14.8 Å². The maximum atomic E-state index is 13.6. The fraction of sp³-hybridized carbons (Fsp3) is 0.304. The topological polar surface area (TPSA) is 75.5 Å². The molecule has 0 aliphatic carbocycles. The average Bonchev–Trinajstić information content (AvgIpc) is 3.39. The lowest BCUT2D eigenvalue weighted by Crippen LogP contribution is -2.24. The van der Waals surface area contributed by atoms with Crippen LogP contribution in [0.15, 0.2) is 59.8 Å². The molecule has 8 heteroatoms. The summed E-state index contributed by atoms with van der Waals surface area (Å²) in [6.45, 7) is 2.36. The zero-order valence-electron chi connectivity index (χ0n) is 17.4. The van der Waals surface area contributed by atoms with Gasteiger partial charge in [-0.15, -0.1) is 0 Å². The normalized spacial score (nSPS) is 18.0. The van der Waals surface area contributed by atoms with Gasteiger partial charge >= 0.3 is 0 Å². The van der Waals surface area contributed by atoms with Crippen molar-refractivity contribution in [2.45, 2.75) is 24.2 Å². The molecule has 0 saturated carbocycles. The summed E-state index contributed by atoms with van der Waals surface area (Å²) >= 11 is 0. The van der Waals surface area contributed by atoms with E-state index >= 15 is 0 Å². The van der Waals surface area contributed by atoms with Crippen LogP contribution in [0.2, 0.25) is 0 Å². The molecule has 5 rings (SSSR count). The Morgan fingerprint density at radius 2 is 1.94 bits per heavy atom. The zero-order valence-corrected chi connectivity index (χ0v) is 18.2. The summed E-state index contributed by atoms with van der Waals surface area (Å²) in [4.78, 5) is 20.7. The zero-order chi connectivity index (χ0) is 21.6. The van der Waals surface area contributed by atoms with Crippen molar-refractivity contribution in [3.05, 3.63) is 60.4 Å². The van der Waals surface area contributed by atoms with E-state index in [1.165, 1.54) is 3.97 Å². The van der Waals surface area contributed by atoms with Crippen molar-refractivity contribution in [1.82, 2.24) is 13.9 Å². The van der Waals surface area contributed by atoms with Crippen LogP contribution in [0.5, 0.6) is 0 Å². The number of likely N-dealkylation sites (N-methyl/N-ethyl adjacent to an activating group) is 1. The van der Waals surface area contributed by atoms with E-state index in [0.717, 1.165) is 37.1 Å². The SMILES string of the molecule is CN1CC=C(c2cn(S(=O)(=O)c3cccc(N4CCCC4=O)c3)c3cccnc23)CC1. The Labute approximate surface area is 181 Å². The summed E-state index contributed by atoms with van der Waals surface area (Å²) in [5.41, 5.74) is 3.84. The molecule has 1 aromatic carbocycles. The number of nitrogens with zero attached hydrogens (tertiary/aromatic N) is 4. The third kappa shape index (κ3) is 3.45. The highest BCUT2D eigenvalue weighted by molar-refractivity contribution is 7.90. The number of pyridine rings is 1. The van der Waals surface area contributed by atoms with Crippen molar-refractivity contribution in [3.63, 3.8) is 0 Å². The van der Waals surface area contributed by atoms with E-state index in [9.17, 15) is 13.2 Å². The highest BCUT2D eigenvalue weighted by Crippen LogP contribution is 2.32. The molecule has 31 heavy (non-hydrogen) atoms. The summed E-state index contributed by atoms with van der Waals surface area (Å²) in [5, 5.41) is 0. The molecule has 7 nitrogen and oxygen atoms in total. The van der Waals surface area contributed by atoms with E-state index in [1.807, 2.05) is 0 Å².